The third-order valence-electron chi connectivity index (χ3n) is 7.07. The first-order valence-electron chi connectivity index (χ1n) is 12.5. The molecule has 0 spiro atoms. The van der Waals surface area contributed by atoms with Gasteiger partial charge in [-0.3, -0.25) is 4.90 Å². The number of fused-ring (bicyclic) bond motifs is 3. The minimum atomic E-state index is -0.731. The van der Waals surface area contributed by atoms with Crippen molar-refractivity contribution in [3.63, 3.8) is 0 Å². The van der Waals surface area contributed by atoms with Gasteiger partial charge in [-0.2, -0.15) is 0 Å². The van der Waals surface area contributed by atoms with E-state index < -0.39 is 12.1 Å². The number of cyclic esters (lactones) is 1. The number of nitrogens with zero attached hydrogens (tertiary/aromatic N) is 1. The van der Waals surface area contributed by atoms with Crippen LogP contribution in [0.3, 0.4) is 0 Å². The SMILES string of the molecule is COc1cc2c(OCC(O)CN3CCOCC3)c3c(c(-c4ccc5c(c4)OCO5)c2cc1OC)C(=O)OC3. The molecule has 1 unspecified atom stereocenters. The molecule has 0 bridgehead atoms. The third kappa shape index (κ3) is 4.34. The van der Waals surface area contributed by atoms with Gasteiger partial charge in [-0.25, -0.2) is 4.79 Å². The molecule has 0 amide bonds. The molecule has 3 aromatic carbocycles. The topological polar surface area (TPSA) is 105 Å². The maximum absolute atomic E-state index is 13.1. The summed E-state index contributed by atoms with van der Waals surface area (Å²) < 4.78 is 39.4. The summed E-state index contributed by atoms with van der Waals surface area (Å²) in [4.78, 5) is 15.3. The number of carbonyl (C=O) groups excluding carboxylic acids is 1. The number of rotatable bonds is 8. The first-order valence-corrected chi connectivity index (χ1v) is 12.5. The van der Waals surface area contributed by atoms with Crippen LogP contribution in [0, 0.1) is 0 Å². The highest BCUT2D eigenvalue weighted by Gasteiger charge is 2.34. The summed E-state index contributed by atoms with van der Waals surface area (Å²) in [5.74, 6) is 2.30. The van der Waals surface area contributed by atoms with Crippen molar-refractivity contribution in [3.05, 3.63) is 41.5 Å². The maximum atomic E-state index is 13.1. The molecular formula is C28H29NO9. The molecule has 3 aliphatic heterocycles. The monoisotopic (exact) mass is 523 g/mol. The number of hydrogen-bond donors (Lipinski definition) is 1. The minimum Gasteiger partial charge on any atom is -0.493 e. The number of β-amino-alcohol motifs (C(OH)–C–C–N with tert-alkyl or cyclic N) is 1. The highest BCUT2D eigenvalue weighted by molar-refractivity contribution is 6.14. The zero-order chi connectivity index (χ0) is 26.2. The van der Waals surface area contributed by atoms with Gasteiger partial charge in [0.15, 0.2) is 23.0 Å². The Labute approximate surface area is 219 Å². The summed E-state index contributed by atoms with van der Waals surface area (Å²) in [5.41, 5.74) is 2.49. The minimum absolute atomic E-state index is 0.0464. The van der Waals surface area contributed by atoms with Gasteiger partial charge in [0.25, 0.3) is 0 Å². The van der Waals surface area contributed by atoms with E-state index >= 15 is 0 Å². The van der Waals surface area contributed by atoms with Crippen LogP contribution in [0.2, 0.25) is 0 Å². The van der Waals surface area contributed by atoms with Crippen molar-refractivity contribution in [3.8, 4) is 39.9 Å². The van der Waals surface area contributed by atoms with Crippen LogP contribution in [0.1, 0.15) is 15.9 Å². The van der Waals surface area contributed by atoms with Gasteiger partial charge in [-0.1, -0.05) is 6.07 Å². The van der Waals surface area contributed by atoms with Gasteiger partial charge in [-0.05, 0) is 35.2 Å². The fourth-order valence-electron chi connectivity index (χ4n) is 5.24. The van der Waals surface area contributed by atoms with Crippen molar-refractivity contribution in [2.24, 2.45) is 0 Å². The van der Waals surface area contributed by atoms with E-state index in [9.17, 15) is 9.90 Å². The summed E-state index contributed by atoms with van der Waals surface area (Å²) in [6, 6.07) is 9.22. The number of benzene rings is 3. The number of morpholine rings is 1. The first-order chi connectivity index (χ1) is 18.6. The lowest BCUT2D eigenvalue weighted by Gasteiger charge is -2.28. The van der Waals surface area contributed by atoms with Gasteiger partial charge in [0.05, 0.1) is 33.0 Å². The predicted molar refractivity (Wildman–Crippen MR) is 136 cm³/mol. The summed E-state index contributed by atoms with van der Waals surface area (Å²) in [5, 5.41) is 12.2. The summed E-state index contributed by atoms with van der Waals surface area (Å²) >= 11 is 0. The van der Waals surface area contributed by atoms with Gasteiger partial charge >= 0.3 is 5.97 Å². The van der Waals surface area contributed by atoms with Crippen LogP contribution in [0.15, 0.2) is 30.3 Å². The lowest BCUT2D eigenvalue weighted by molar-refractivity contribution is 0.00462. The van der Waals surface area contributed by atoms with Crippen molar-refractivity contribution in [2.45, 2.75) is 12.7 Å². The van der Waals surface area contributed by atoms with Gasteiger partial charge in [0, 0.05) is 36.1 Å². The Kier molecular flexibility index (Phi) is 6.61. The summed E-state index contributed by atoms with van der Waals surface area (Å²) in [6.45, 7) is 3.53. The molecule has 1 fully saturated rings. The largest absolute Gasteiger partial charge is 0.493 e. The molecule has 200 valence electrons. The quantitative estimate of drug-likeness (QED) is 0.443. The second-order valence-corrected chi connectivity index (χ2v) is 9.33. The number of aliphatic hydroxyl groups excluding tert-OH is 1. The van der Waals surface area contributed by atoms with Crippen LogP contribution >= 0.6 is 0 Å². The molecule has 10 nitrogen and oxygen atoms in total. The molecule has 0 radical (unpaired) electrons. The van der Waals surface area contributed by atoms with Crippen LogP contribution in [0.25, 0.3) is 21.9 Å². The Morgan fingerprint density at radius 3 is 2.45 bits per heavy atom. The molecule has 0 saturated carbocycles. The Bertz CT molecular complexity index is 1380. The summed E-state index contributed by atoms with van der Waals surface area (Å²) in [6.07, 6.45) is -0.731. The number of esters is 1. The molecule has 38 heavy (non-hydrogen) atoms. The van der Waals surface area contributed by atoms with E-state index in [0.717, 1.165) is 24.0 Å². The molecule has 1 N–H and O–H groups in total. The molecular weight excluding hydrogens is 494 g/mol. The molecule has 6 rings (SSSR count). The van der Waals surface area contributed by atoms with Crippen LogP contribution < -0.4 is 23.7 Å². The van der Waals surface area contributed by atoms with Crippen LogP contribution in [-0.2, 0) is 16.1 Å². The van der Waals surface area contributed by atoms with Gasteiger partial charge in [0.2, 0.25) is 6.79 Å². The smallest absolute Gasteiger partial charge is 0.339 e. The Morgan fingerprint density at radius 1 is 0.947 bits per heavy atom. The van der Waals surface area contributed by atoms with E-state index in [1.807, 2.05) is 30.3 Å². The number of hydrogen-bond acceptors (Lipinski definition) is 10. The normalized spacial score (nSPS) is 17.3. The van der Waals surface area contributed by atoms with E-state index in [-0.39, 0.29) is 20.0 Å². The van der Waals surface area contributed by atoms with Crippen molar-refractivity contribution in [1.82, 2.24) is 4.90 Å². The van der Waals surface area contributed by atoms with Gasteiger partial charge < -0.3 is 38.3 Å². The van der Waals surface area contributed by atoms with Crippen molar-refractivity contribution in [2.75, 3.05) is 60.5 Å². The lowest BCUT2D eigenvalue weighted by Crippen LogP contribution is -2.42. The number of ether oxygens (including phenoxy) is 7. The van der Waals surface area contributed by atoms with Gasteiger partial charge in [-0.15, -0.1) is 0 Å². The molecule has 10 heteroatoms. The number of methoxy groups -OCH3 is 2. The molecule has 3 aromatic rings. The van der Waals surface area contributed by atoms with Crippen molar-refractivity contribution in [1.29, 1.82) is 0 Å². The molecule has 0 aromatic heterocycles. The average molecular weight is 524 g/mol. The number of aliphatic hydroxyl groups is 1. The molecule has 3 aliphatic rings. The Hall–Kier alpha value is -3.73. The molecule has 1 saturated heterocycles. The predicted octanol–water partition coefficient (Wildman–Crippen LogP) is 3.00. The zero-order valence-electron chi connectivity index (χ0n) is 21.3. The van der Waals surface area contributed by atoms with Gasteiger partial charge in [0.1, 0.15) is 25.1 Å². The first kappa shape index (κ1) is 24.6. The standard InChI is InChI=1S/C28H29NO9/c1-32-22-10-18-19(11-23(22)33-2)27(35-13-17(30)12-29-5-7-34-8-6-29)20-14-36-28(31)26(20)25(18)16-3-4-21-24(9-16)38-15-37-21/h3-4,9-11,17,30H,5-8,12-15H2,1-2H3. The molecule has 1 atom stereocenters. The van der Waals surface area contributed by atoms with E-state index in [4.69, 9.17) is 33.2 Å². The highest BCUT2D eigenvalue weighted by atomic mass is 16.7. The number of carbonyl (C=O) groups is 1. The fraction of sp³-hybridized carbons (Fsp3) is 0.393. The molecule has 3 heterocycles. The second-order valence-electron chi connectivity index (χ2n) is 9.33. The zero-order valence-corrected chi connectivity index (χ0v) is 21.3. The van der Waals surface area contributed by atoms with E-state index in [1.165, 1.54) is 0 Å². The van der Waals surface area contributed by atoms with Crippen LogP contribution in [0.4, 0.5) is 0 Å². The second kappa shape index (κ2) is 10.2. The maximum Gasteiger partial charge on any atom is 0.339 e. The van der Waals surface area contributed by atoms with E-state index in [1.54, 1.807) is 14.2 Å². The van der Waals surface area contributed by atoms with Crippen molar-refractivity contribution < 1.29 is 43.1 Å². The average Bonchev–Trinajstić information content (AvgIpc) is 3.57. The highest BCUT2D eigenvalue weighted by Crippen LogP contribution is 2.49. The fourth-order valence-corrected chi connectivity index (χ4v) is 5.24. The Balaban J connectivity index is 1.47. The summed E-state index contributed by atoms with van der Waals surface area (Å²) in [7, 11) is 3.13. The van der Waals surface area contributed by atoms with Crippen LogP contribution in [-0.4, -0.2) is 82.5 Å². The molecule has 0 aliphatic carbocycles. The van der Waals surface area contributed by atoms with Crippen molar-refractivity contribution >= 4 is 16.7 Å². The van der Waals surface area contributed by atoms with E-state index in [2.05, 4.69) is 4.90 Å². The van der Waals surface area contributed by atoms with Crippen LogP contribution in [0.5, 0.6) is 28.7 Å². The Morgan fingerprint density at radius 2 is 1.68 bits per heavy atom. The lowest BCUT2D eigenvalue weighted by atomic mass is 9.89. The van der Waals surface area contributed by atoms with E-state index in [0.29, 0.717) is 70.6 Å². The third-order valence-corrected chi connectivity index (χ3v) is 7.07.